The number of hydrogen-bond acceptors (Lipinski definition) is 5. The molecule has 0 atom stereocenters. The molecule has 0 aromatic carbocycles. The molecule has 1 aromatic rings. The highest BCUT2D eigenvalue weighted by molar-refractivity contribution is 5.78. The summed E-state index contributed by atoms with van der Waals surface area (Å²) in [6.07, 6.45) is 9.23. The Balaban J connectivity index is 1.78. The summed E-state index contributed by atoms with van der Waals surface area (Å²) in [5.41, 5.74) is 4.35. The minimum Gasteiger partial charge on any atom is -0.389 e. The highest BCUT2D eigenvalue weighted by Crippen LogP contribution is 2.30. The van der Waals surface area contributed by atoms with Crippen LogP contribution in [0.25, 0.3) is 0 Å². The number of nitrogens with one attached hydrogen (secondary N) is 2. The van der Waals surface area contributed by atoms with Gasteiger partial charge in [-0.3, -0.25) is 20.6 Å². The van der Waals surface area contributed by atoms with E-state index in [-0.39, 0.29) is 12.3 Å². The van der Waals surface area contributed by atoms with E-state index in [1.165, 1.54) is 12.4 Å². The second-order valence-electron chi connectivity index (χ2n) is 4.73. The van der Waals surface area contributed by atoms with Crippen LogP contribution in [0, 0.1) is 0 Å². The fraction of sp³-hybridized carbons (Fsp3) is 0.583. The van der Waals surface area contributed by atoms with Crippen LogP contribution in [0.15, 0.2) is 18.6 Å². The molecule has 1 aliphatic rings. The van der Waals surface area contributed by atoms with E-state index >= 15 is 0 Å². The van der Waals surface area contributed by atoms with Gasteiger partial charge in [0.2, 0.25) is 5.91 Å². The fourth-order valence-electron chi connectivity index (χ4n) is 2.23. The third-order valence-electron chi connectivity index (χ3n) is 3.17. The predicted octanol–water partition coefficient (Wildman–Crippen LogP) is 1.00. The summed E-state index contributed by atoms with van der Waals surface area (Å²) in [4.78, 5) is 19.5. The molecule has 18 heavy (non-hydrogen) atoms. The lowest BCUT2D eigenvalue weighted by atomic mass is 9.82. The Hall–Kier alpha value is -1.69. The molecule has 0 unspecified atom stereocenters. The number of amides is 1. The third-order valence-corrected chi connectivity index (χ3v) is 3.17. The Bertz CT molecular complexity index is 390. The molecular formula is C12H18N4O2. The van der Waals surface area contributed by atoms with Crippen molar-refractivity contribution >= 4 is 11.7 Å². The monoisotopic (exact) mass is 250 g/mol. The second-order valence-corrected chi connectivity index (χ2v) is 4.73. The number of anilines is 1. The van der Waals surface area contributed by atoms with Crippen LogP contribution in [-0.4, -0.2) is 26.6 Å². The molecule has 1 heterocycles. The zero-order valence-corrected chi connectivity index (χ0v) is 10.2. The van der Waals surface area contributed by atoms with E-state index in [1.807, 2.05) is 0 Å². The van der Waals surface area contributed by atoms with Crippen molar-refractivity contribution in [1.82, 2.24) is 15.4 Å². The van der Waals surface area contributed by atoms with Crippen molar-refractivity contribution in [2.45, 2.75) is 44.1 Å². The number of carbonyl (C=O) groups is 1. The Kier molecular flexibility index (Phi) is 4.09. The molecule has 1 aromatic heterocycles. The highest BCUT2D eigenvalue weighted by Gasteiger charge is 2.31. The number of hydrogen-bond donors (Lipinski definition) is 3. The molecule has 6 heteroatoms. The first-order chi connectivity index (χ1) is 8.68. The first-order valence-corrected chi connectivity index (χ1v) is 6.21. The van der Waals surface area contributed by atoms with Crippen LogP contribution < -0.4 is 10.9 Å². The molecule has 1 saturated carbocycles. The first kappa shape index (κ1) is 12.8. The van der Waals surface area contributed by atoms with Crippen molar-refractivity contribution in [1.29, 1.82) is 0 Å². The Morgan fingerprint density at radius 1 is 1.33 bits per heavy atom. The number of carbonyl (C=O) groups excluding carboxylic acids is 1. The van der Waals surface area contributed by atoms with Crippen molar-refractivity contribution in [2.24, 2.45) is 0 Å². The molecule has 0 spiro atoms. The Morgan fingerprint density at radius 3 is 2.78 bits per heavy atom. The lowest BCUT2D eigenvalue weighted by Crippen LogP contribution is -2.40. The van der Waals surface area contributed by atoms with Crippen LogP contribution >= 0.6 is 0 Å². The van der Waals surface area contributed by atoms with Crippen molar-refractivity contribution in [2.75, 3.05) is 5.43 Å². The normalized spacial score (nSPS) is 18.1. The zero-order valence-electron chi connectivity index (χ0n) is 10.2. The first-order valence-electron chi connectivity index (χ1n) is 6.21. The van der Waals surface area contributed by atoms with E-state index in [1.54, 1.807) is 6.20 Å². The summed E-state index contributed by atoms with van der Waals surface area (Å²) in [5, 5.41) is 10.2. The van der Waals surface area contributed by atoms with Crippen LogP contribution in [0.4, 0.5) is 5.82 Å². The van der Waals surface area contributed by atoms with E-state index in [0.29, 0.717) is 18.7 Å². The van der Waals surface area contributed by atoms with Crippen molar-refractivity contribution in [3.63, 3.8) is 0 Å². The Morgan fingerprint density at radius 2 is 2.11 bits per heavy atom. The van der Waals surface area contributed by atoms with Gasteiger partial charge in [-0.05, 0) is 12.8 Å². The molecule has 2 rings (SSSR count). The van der Waals surface area contributed by atoms with Gasteiger partial charge in [-0.1, -0.05) is 19.3 Å². The summed E-state index contributed by atoms with van der Waals surface area (Å²) in [6, 6.07) is 0. The van der Waals surface area contributed by atoms with Gasteiger partial charge < -0.3 is 5.11 Å². The average molecular weight is 250 g/mol. The van der Waals surface area contributed by atoms with E-state index in [9.17, 15) is 9.90 Å². The summed E-state index contributed by atoms with van der Waals surface area (Å²) in [7, 11) is 0. The summed E-state index contributed by atoms with van der Waals surface area (Å²) in [6.45, 7) is 0. The van der Waals surface area contributed by atoms with Gasteiger partial charge in [-0.25, -0.2) is 4.98 Å². The predicted molar refractivity (Wildman–Crippen MR) is 66.4 cm³/mol. The van der Waals surface area contributed by atoms with E-state index in [0.717, 1.165) is 19.3 Å². The molecule has 0 aliphatic heterocycles. The van der Waals surface area contributed by atoms with E-state index < -0.39 is 5.60 Å². The van der Waals surface area contributed by atoms with Crippen LogP contribution in [0.2, 0.25) is 0 Å². The smallest absolute Gasteiger partial charge is 0.241 e. The molecule has 1 aliphatic carbocycles. The molecule has 1 amide bonds. The molecule has 98 valence electrons. The minimum atomic E-state index is -0.841. The number of hydrazine groups is 1. The van der Waals surface area contributed by atoms with Crippen LogP contribution in [0.1, 0.15) is 38.5 Å². The number of nitrogens with zero attached hydrogens (tertiary/aromatic N) is 2. The maximum Gasteiger partial charge on any atom is 0.241 e. The van der Waals surface area contributed by atoms with Gasteiger partial charge in [0.25, 0.3) is 0 Å². The highest BCUT2D eigenvalue weighted by atomic mass is 16.3. The van der Waals surface area contributed by atoms with Crippen molar-refractivity contribution in [3.8, 4) is 0 Å². The van der Waals surface area contributed by atoms with Gasteiger partial charge >= 0.3 is 0 Å². The SMILES string of the molecule is O=C(CC1(O)CCCCC1)NNc1cnccn1. The lowest BCUT2D eigenvalue weighted by molar-refractivity contribution is -0.126. The quantitative estimate of drug-likeness (QED) is 0.694. The van der Waals surface area contributed by atoms with Gasteiger partial charge in [0.15, 0.2) is 5.82 Å². The zero-order chi connectivity index (χ0) is 12.8. The summed E-state index contributed by atoms with van der Waals surface area (Å²) in [5.74, 6) is 0.242. The molecule has 0 radical (unpaired) electrons. The second kappa shape index (κ2) is 5.77. The standard InChI is InChI=1S/C12H18N4O2/c17-11(8-12(18)4-2-1-3-5-12)16-15-10-9-13-6-7-14-10/h6-7,9,18H,1-5,8H2,(H,14,15)(H,16,17). The Labute approximate surface area is 106 Å². The summed E-state index contributed by atoms with van der Waals surface area (Å²) < 4.78 is 0. The van der Waals surface area contributed by atoms with Crippen LogP contribution in [-0.2, 0) is 4.79 Å². The number of aliphatic hydroxyl groups is 1. The van der Waals surface area contributed by atoms with Crippen LogP contribution in [0.5, 0.6) is 0 Å². The van der Waals surface area contributed by atoms with Crippen molar-refractivity contribution < 1.29 is 9.90 Å². The molecule has 0 bridgehead atoms. The third kappa shape index (κ3) is 3.66. The topological polar surface area (TPSA) is 87.1 Å². The van der Waals surface area contributed by atoms with Gasteiger partial charge in [0, 0.05) is 12.4 Å². The summed E-state index contributed by atoms with van der Waals surface area (Å²) >= 11 is 0. The largest absolute Gasteiger partial charge is 0.389 e. The van der Waals surface area contributed by atoms with Gasteiger partial charge in [-0.15, -0.1) is 0 Å². The van der Waals surface area contributed by atoms with E-state index in [2.05, 4.69) is 20.8 Å². The fourth-order valence-corrected chi connectivity index (χ4v) is 2.23. The minimum absolute atomic E-state index is 0.125. The molecular weight excluding hydrogens is 232 g/mol. The number of aromatic nitrogens is 2. The van der Waals surface area contributed by atoms with Crippen LogP contribution in [0.3, 0.4) is 0 Å². The molecule has 1 fully saturated rings. The molecule has 6 nitrogen and oxygen atoms in total. The maximum absolute atomic E-state index is 11.7. The van der Waals surface area contributed by atoms with Gasteiger partial charge in [0.1, 0.15) is 0 Å². The molecule has 0 saturated heterocycles. The van der Waals surface area contributed by atoms with Gasteiger partial charge in [0.05, 0.1) is 18.2 Å². The van der Waals surface area contributed by atoms with Crippen molar-refractivity contribution in [3.05, 3.63) is 18.6 Å². The van der Waals surface area contributed by atoms with E-state index in [4.69, 9.17) is 0 Å². The average Bonchev–Trinajstić information content (AvgIpc) is 2.38. The van der Waals surface area contributed by atoms with Gasteiger partial charge in [-0.2, -0.15) is 0 Å². The molecule has 3 N–H and O–H groups in total. The maximum atomic E-state index is 11.7. The lowest BCUT2D eigenvalue weighted by Gasteiger charge is -2.31. The number of rotatable bonds is 4.